The van der Waals surface area contributed by atoms with Crippen LogP contribution in [0.3, 0.4) is 0 Å². The second-order valence-electron chi connectivity index (χ2n) is 7.95. The number of carbonyl (C=O) groups is 1. The molecule has 1 fully saturated rings. The molecule has 0 radical (unpaired) electrons. The SMILES string of the molecule is COc1cc(C(=O)NCC2CCN(Cc3cc(-c4ccccc4)cs3)CC2)ccc1Cl. The Morgan fingerprint density at radius 2 is 1.90 bits per heavy atom. The van der Waals surface area contributed by atoms with Crippen molar-refractivity contribution in [3.8, 4) is 16.9 Å². The molecule has 0 saturated carbocycles. The lowest BCUT2D eigenvalue weighted by atomic mass is 9.96. The Bertz CT molecular complexity index is 1010. The fourth-order valence-electron chi connectivity index (χ4n) is 3.95. The van der Waals surface area contributed by atoms with E-state index in [4.69, 9.17) is 16.3 Å². The van der Waals surface area contributed by atoms with Crippen molar-refractivity contribution in [2.45, 2.75) is 19.4 Å². The third kappa shape index (κ3) is 5.67. The Morgan fingerprint density at radius 3 is 2.65 bits per heavy atom. The first-order chi connectivity index (χ1) is 15.1. The van der Waals surface area contributed by atoms with Gasteiger partial charge in [0.25, 0.3) is 5.91 Å². The molecule has 2 aromatic carbocycles. The van der Waals surface area contributed by atoms with Gasteiger partial charge >= 0.3 is 0 Å². The first-order valence-electron chi connectivity index (χ1n) is 10.6. The number of hydrogen-bond donors (Lipinski definition) is 1. The molecule has 0 unspecified atom stereocenters. The zero-order valence-electron chi connectivity index (χ0n) is 17.6. The molecule has 3 aromatic rings. The number of piperidine rings is 1. The number of likely N-dealkylation sites (tertiary alicyclic amines) is 1. The van der Waals surface area contributed by atoms with Crippen LogP contribution in [0.2, 0.25) is 5.02 Å². The van der Waals surface area contributed by atoms with Crippen LogP contribution in [-0.2, 0) is 6.54 Å². The molecule has 0 aliphatic carbocycles. The molecule has 1 aromatic heterocycles. The highest BCUT2D eigenvalue weighted by atomic mass is 35.5. The van der Waals surface area contributed by atoms with Crippen molar-refractivity contribution in [3.05, 3.63) is 75.4 Å². The number of amides is 1. The summed E-state index contributed by atoms with van der Waals surface area (Å²) in [5.41, 5.74) is 3.15. The topological polar surface area (TPSA) is 41.6 Å². The number of nitrogens with one attached hydrogen (secondary N) is 1. The molecular formula is C25H27ClN2O2S. The summed E-state index contributed by atoms with van der Waals surface area (Å²) in [6.07, 6.45) is 2.20. The van der Waals surface area contributed by atoms with Crippen molar-refractivity contribution < 1.29 is 9.53 Å². The van der Waals surface area contributed by atoms with E-state index in [1.807, 2.05) is 11.3 Å². The monoisotopic (exact) mass is 454 g/mol. The molecule has 2 heterocycles. The molecule has 0 spiro atoms. The first kappa shape index (κ1) is 21.9. The molecule has 4 nitrogen and oxygen atoms in total. The molecule has 0 atom stereocenters. The van der Waals surface area contributed by atoms with Gasteiger partial charge in [-0.3, -0.25) is 9.69 Å². The van der Waals surface area contributed by atoms with Crippen molar-refractivity contribution in [2.24, 2.45) is 5.92 Å². The summed E-state index contributed by atoms with van der Waals surface area (Å²) in [6, 6.07) is 18.0. The van der Waals surface area contributed by atoms with Crippen LogP contribution < -0.4 is 10.1 Å². The van der Waals surface area contributed by atoms with Crippen LogP contribution in [0.25, 0.3) is 11.1 Å². The minimum absolute atomic E-state index is 0.0792. The number of thiophene rings is 1. The molecule has 4 rings (SSSR count). The van der Waals surface area contributed by atoms with Crippen molar-refractivity contribution in [2.75, 3.05) is 26.7 Å². The van der Waals surface area contributed by atoms with Gasteiger partial charge in [0.1, 0.15) is 5.75 Å². The van der Waals surface area contributed by atoms with Gasteiger partial charge < -0.3 is 10.1 Å². The van der Waals surface area contributed by atoms with E-state index < -0.39 is 0 Å². The van der Waals surface area contributed by atoms with Crippen molar-refractivity contribution in [1.29, 1.82) is 0 Å². The molecule has 6 heteroatoms. The lowest BCUT2D eigenvalue weighted by Gasteiger charge is -2.31. The van der Waals surface area contributed by atoms with Gasteiger partial charge in [-0.05, 0) is 72.6 Å². The van der Waals surface area contributed by atoms with Crippen LogP contribution in [0.1, 0.15) is 28.1 Å². The smallest absolute Gasteiger partial charge is 0.251 e. The maximum absolute atomic E-state index is 12.5. The van der Waals surface area contributed by atoms with Gasteiger partial charge in [0, 0.05) is 23.5 Å². The van der Waals surface area contributed by atoms with Crippen LogP contribution in [0.5, 0.6) is 5.75 Å². The zero-order valence-corrected chi connectivity index (χ0v) is 19.2. The molecule has 1 saturated heterocycles. The van der Waals surface area contributed by atoms with E-state index >= 15 is 0 Å². The number of rotatable bonds is 7. The van der Waals surface area contributed by atoms with E-state index in [-0.39, 0.29) is 5.91 Å². The van der Waals surface area contributed by atoms with Crippen LogP contribution >= 0.6 is 22.9 Å². The Morgan fingerprint density at radius 1 is 1.13 bits per heavy atom. The van der Waals surface area contributed by atoms with Gasteiger partial charge in [-0.2, -0.15) is 0 Å². The number of ether oxygens (including phenoxy) is 1. The summed E-state index contributed by atoms with van der Waals surface area (Å²) in [6.45, 7) is 3.83. The second-order valence-corrected chi connectivity index (χ2v) is 9.35. The maximum Gasteiger partial charge on any atom is 0.251 e. The van der Waals surface area contributed by atoms with E-state index in [1.165, 1.54) is 16.0 Å². The average Bonchev–Trinajstić information content (AvgIpc) is 3.28. The fraction of sp³-hybridized carbons (Fsp3) is 0.320. The van der Waals surface area contributed by atoms with E-state index in [9.17, 15) is 4.79 Å². The standard InChI is InChI=1S/C25H27ClN2O2S/c1-30-24-14-20(7-8-23(24)26)25(29)27-15-18-9-11-28(12-10-18)16-22-13-21(17-31-22)19-5-3-2-4-6-19/h2-8,13-14,17-18H,9-12,15-16H2,1H3,(H,27,29). The summed E-state index contributed by atoms with van der Waals surface area (Å²) < 4.78 is 5.20. The number of benzene rings is 2. The molecule has 162 valence electrons. The minimum Gasteiger partial charge on any atom is -0.495 e. The van der Waals surface area contributed by atoms with E-state index in [1.54, 1.807) is 25.3 Å². The van der Waals surface area contributed by atoms with Crippen LogP contribution in [-0.4, -0.2) is 37.6 Å². The van der Waals surface area contributed by atoms with Gasteiger partial charge in [-0.15, -0.1) is 11.3 Å². The van der Waals surface area contributed by atoms with Crippen LogP contribution in [0.4, 0.5) is 0 Å². The van der Waals surface area contributed by atoms with Crippen LogP contribution in [0, 0.1) is 5.92 Å². The predicted molar refractivity (Wildman–Crippen MR) is 128 cm³/mol. The van der Waals surface area contributed by atoms with Gasteiger partial charge in [0.05, 0.1) is 12.1 Å². The molecule has 1 amide bonds. The largest absolute Gasteiger partial charge is 0.495 e. The van der Waals surface area contributed by atoms with Crippen molar-refractivity contribution in [1.82, 2.24) is 10.2 Å². The van der Waals surface area contributed by atoms with E-state index in [2.05, 4.69) is 52.0 Å². The molecule has 1 N–H and O–H groups in total. The van der Waals surface area contributed by atoms with Crippen molar-refractivity contribution >= 4 is 28.8 Å². The average molecular weight is 455 g/mol. The Hall–Kier alpha value is -2.34. The molecule has 31 heavy (non-hydrogen) atoms. The number of carbonyl (C=O) groups excluding carboxylic acids is 1. The molecule has 1 aliphatic heterocycles. The highest BCUT2D eigenvalue weighted by molar-refractivity contribution is 7.10. The minimum atomic E-state index is -0.0792. The lowest BCUT2D eigenvalue weighted by Crippen LogP contribution is -2.38. The normalized spacial score (nSPS) is 15.0. The van der Waals surface area contributed by atoms with E-state index in [0.29, 0.717) is 28.8 Å². The summed E-state index contributed by atoms with van der Waals surface area (Å²) in [5, 5.41) is 5.83. The van der Waals surface area contributed by atoms with E-state index in [0.717, 1.165) is 32.5 Å². The number of methoxy groups -OCH3 is 1. The molecule has 0 bridgehead atoms. The predicted octanol–water partition coefficient (Wildman–Crippen LogP) is 5.72. The Balaban J connectivity index is 1.23. The third-order valence-corrected chi connectivity index (χ3v) is 7.05. The van der Waals surface area contributed by atoms with Crippen molar-refractivity contribution in [3.63, 3.8) is 0 Å². The molecule has 1 aliphatic rings. The van der Waals surface area contributed by atoms with Gasteiger partial charge in [0.15, 0.2) is 0 Å². The number of hydrogen-bond acceptors (Lipinski definition) is 4. The highest BCUT2D eigenvalue weighted by Gasteiger charge is 2.21. The quantitative estimate of drug-likeness (QED) is 0.496. The number of halogens is 1. The Kier molecular flexibility index (Phi) is 7.28. The van der Waals surface area contributed by atoms with Gasteiger partial charge in [-0.25, -0.2) is 0 Å². The fourth-order valence-corrected chi connectivity index (χ4v) is 5.08. The molecular weight excluding hydrogens is 428 g/mol. The summed E-state index contributed by atoms with van der Waals surface area (Å²) >= 11 is 7.88. The summed E-state index contributed by atoms with van der Waals surface area (Å²) in [5.74, 6) is 0.952. The second kappa shape index (κ2) is 10.3. The van der Waals surface area contributed by atoms with Gasteiger partial charge in [0.2, 0.25) is 0 Å². The zero-order chi connectivity index (χ0) is 21.6. The Labute approximate surface area is 192 Å². The number of nitrogens with zero attached hydrogens (tertiary/aromatic N) is 1. The first-order valence-corrected chi connectivity index (χ1v) is 11.8. The highest BCUT2D eigenvalue weighted by Crippen LogP contribution is 2.28. The summed E-state index contributed by atoms with van der Waals surface area (Å²) in [4.78, 5) is 16.4. The van der Waals surface area contributed by atoms with Gasteiger partial charge in [-0.1, -0.05) is 41.9 Å². The van der Waals surface area contributed by atoms with Crippen LogP contribution in [0.15, 0.2) is 60.0 Å². The summed E-state index contributed by atoms with van der Waals surface area (Å²) in [7, 11) is 1.55. The third-order valence-electron chi connectivity index (χ3n) is 5.81. The maximum atomic E-state index is 12.5. The lowest BCUT2D eigenvalue weighted by molar-refractivity contribution is 0.0935.